The lowest BCUT2D eigenvalue weighted by molar-refractivity contribution is 0.594. The van der Waals surface area contributed by atoms with Gasteiger partial charge in [-0.15, -0.1) is 0 Å². The maximum atomic E-state index is 13.1. The van der Waals surface area contributed by atoms with E-state index in [4.69, 9.17) is 34.8 Å². The molecule has 0 fully saturated rings. The van der Waals surface area contributed by atoms with Gasteiger partial charge in [-0.05, 0) is 65.7 Å². The second kappa shape index (κ2) is 10.1. The highest BCUT2D eigenvalue weighted by atomic mass is 35.5. The van der Waals surface area contributed by atoms with Crippen LogP contribution in [0.2, 0.25) is 15.1 Å². The fraction of sp³-hybridized carbons (Fsp3) is 0. The van der Waals surface area contributed by atoms with E-state index < -0.39 is 20.0 Å². The van der Waals surface area contributed by atoms with Crippen molar-refractivity contribution in [2.75, 3.05) is 3.71 Å². The summed E-state index contributed by atoms with van der Waals surface area (Å²) < 4.78 is 52.9. The van der Waals surface area contributed by atoms with Crippen LogP contribution in [-0.2, 0) is 20.0 Å². The fourth-order valence-corrected chi connectivity index (χ4v) is 6.42. The van der Waals surface area contributed by atoms with Crippen molar-refractivity contribution < 1.29 is 16.8 Å². The summed E-state index contributed by atoms with van der Waals surface area (Å²) in [6, 6.07) is 18.5. The lowest BCUT2D eigenvalue weighted by Gasteiger charge is -2.20. The second-order valence-corrected chi connectivity index (χ2v) is 11.4. The summed E-state index contributed by atoms with van der Waals surface area (Å²) in [6.07, 6.45) is 2.52. The Labute approximate surface area is 202 Å². The first-order valence-corrected chi connectivity index (χ1v) is 13.1. The summed E-state index contributed by atoms with van der Waals surface area (Å²) in [4.78, 5) is 0. The van der Waals surface area contributed by atoms with E-state index >= 15 is 0 Å². The third kappa shape index (κ3) is 6.37. The van der Waals surface area contributed by atoms with E-state index in [2.05, 4.69) is 0 Å². The molecule has 3 aromatic rings. The molecule has 0 unspecified atom stereocenters. The van der Waals surface area contributed by atoms with Crippen molar-refractivity contribution in [3.63, 3.8) is 0 Å². The van der Waals surface area contributed by atoms with Crippen LogP contribution in [0.1, 0.15) is 11.1 Å². The van der Waals surface area contributed by atoms with E-state index in [1.165, 1.54) is 36.4 Å². The largest absolute Gasteiger partial charge is 0.270 e. The Bertz CT molecular complexity index is 1320. The maximum absolute atomic E-state index is 13.1. The lowest BCUT2D eigenvalue weighted by atomic mass is 10.2. The van der Waals surface area contributed by atoms with Crippen molar-refractivity contribution in [1.82, 2.24) is 0 Å². The Hall–Kier alpha value is -2.29. The number of rotatable bonds is 7. The minimum absolute atomic E-state index is 0.135. The van der Waals surface area contributed by atoms with Gasteiger partial charge in [0.15, 0.2) is 0 Å². The van der Waals surface area contributed by atoms with Crippen molar-refractivity contribution in [2.24, 2.45) is 0 Å². The quantitative estimate of drug-likeness (QED) is 0.353. The van der Waals surface area contributed by atoms with Crippen LogP contribution in [0.4, 0.5) is 5.69 Å². The van der Waals surface area contributed by atoms with Gasteiger partial charge >= 0.3 is 0 Å². The van der Waals surface area contributed by atoms with Crippen LogP contribution < -0.4 is 3.71 Å². The minimum atomic E-state index is -4.49. The van der Waals surface area contributed by atoms with Crippen LogP contribution in [0.5, 0.6) is 0 Å². The summed E-state index contributed by atoms with van der Waals surface area (Å²) in [5.74, 6) is 0. The predicted molar refractivity (Wildman–Crippen MR) is 133 cm³/mol. The van der Waals surface area contributed by atoms with Gasteiger partial charge < -0.3 is 0 Å². The highest BCUT2D eigenvalue weighted by Crippen LogP contribution is 2.28. The van der Waals surface area contributed by atoms with Crippen LogP contribution in [0.3, 0.4) is 0 Å². The maximum Gasteiger partial charge on any atom is 0.270 e. The summed E-state index contributed by atoms with van der Waals surface area (Å²) in [5.41, 5.74) is 0.835. The van der Waals surface area contributed by atoms with Gasteiger partial charge in [-0.25, -0.2) is 16.8 Å². The second-order valence-electron chi connectivity index (χ2n) is 6.48. The van der Waals surface area contributed by atoms with E-state index in [1.54, 1.807) is 48.5 Å². The van der Waals surface area contributed by atoms with Gasteiger partial charge in [0.2, 0.25) is 0 Å². The zero-order valence-electron chi connectivity index (χ0n) is 16.3. The molecule has 0 aliphatic heterocycles. The van der Waals surface area contributed by atoms with Gasteiger partial charge in [-0.2, -0.15) is 3.71 Å². The highest BCUT2D eigenvalue weighted by molar-refractivity contribution is 8.12. The van der Waals surface area contributed by atoms with Crippen molar-refractivity contribution in [3.05, 3.63) is 110 Å². The van der Waals surface area contributed by atoms with E-state index in [0.717, 1.165) is 10.8 Å². The van der Waals surface area contributed by atoms with Gasteiger partial charge in [-0.1, -0.05) is 65.1 Å². The minimum Gasteiger partial charge on any atom is -0.201 e. The number of sulfonamides is 2. The van der Waals surface area contributed by atoms with Crippen LogP contribution in [0.15, 0.2) is 83.6 Å². The highest BCUT2D eigenvalue weighted by Gasteiger charge is 2.31. The van der Waals surface area contributed by atoms with Gasteiger partial charge in [0.1, 0.15) is 0 Å². The molecule has 0 amide bonds. The Morgan fingerprint density at radius 3 is 1.41 bits per heavy atom. The molecule has 0 aromatic heterocycles. The van der Waals surface area contributed by atoms with Gasteiger partial charge in [0, 0.05) is 15.1 Å². The van der Waals surface area contributed by atoms with E-state index in [1.807, 2.05) is 0 Å². The number of anilines is 1. The summed E-state index contributed by atoms with van der Waals surface area (Å²) in [6.45, 7) is 0. The molecule has 0 heterocycles. The molecule has 0 atom stereocenters. The Morgan fingerprint density at radius 1 is 0.594 bits per heavy atom. The number of halogens is 3. The molecular weight excluding hydrogens is 513 g/mol. The average Bonchev–Trinajstić information content (AvgIpc) is 2.71. The van der Waals surface area contributed by atoms with Crippen LogP contribution in [-0.4, -0.2) is 16.8 Å². The first kappa shape index (κ1) is 24.4. The third-order valence-corrected chi connectivity index (χ3v) is 8.30. The smallest absolute Gasteiger partial charge is 0.201 e. The fourth-order valence-electron chi connectivity index (χ4n) is 2.69. The first-order chi connectivity index (χ1) is 15.1. The van der Waals surface area contributed by atoms with E-state index in [-0.39, 0.29) is 10.7 Å². The van der Waals surface area contributed by atoms with Crippen molar-refractivity contribution in [2.45, 2.75) is 0 Å². The summed E-state index contributed by atoms with van der Waals surface area (Å²) >= 11 is 17.9. The molecule has 0 aliphatic rings. The standard InChI is InChI=1S/C22H16Cl3NO4S2/c23-19-6-1-4-17(14-19)10-12-31(27,28)26(22-9-3-8-21(25)16-22)32(29,30)13-11-18-5-2-7-20(24)15-18/h1-16H/b12-10+,13-11+. The molecule has 0 N–H and O–H groups in total. The van der Waals surface area contributed by atoms with Gasteiger partial charge in [0.05, 0.1) is 16.5 Å². The third-order valence-electron chi connectivity index (χ3n) is 4.04. The predicted octanol–water partition coefficient (Wildman–Crippen LogP) is 6.45. The first-order valence-electron chi connectivity index (χ1n) is 9.00. The van der Waals surface area contributed by atoms with Crippen molar-refractivity contribution in [3.8, 4) is 0 Å². The molecule has 0 aliphatic carbocycles. The number of hydrogen-bond donors (Lipinski definition) is 0. The molecule has 10 heteroatoms. The van der Waals surface area contributed by atoms with Crippen LogP contribution in [0.25, 0.3) is 12.2 Å². The zero-order valence-corrected chi connectivity index (χ0v) is 20.2. The Balaban J connectivity index is 2.07. The number of benzene rings is 3. The van der Waals surface area contributed by atoms with E-state index in [0.29, 0.717) is 24.9 Å². The molecule has 166 valence electrons. The summed E-state index contributed by atoms with van der Waals surface area (Å²) in [5, 5.41) is 2.59. The topological polar surface area (TPSA) is 71.5 Å². The average molecular weight is 529 g/mol. The normalized spacial score (nSPS) is 12.5. The summed E-state index contributed by atoms with van der Waals surface area (Å²) in [7, 11) is -8.98. The molecule has 0 saturated heterocycles. The molecule has 32 heavy (non-hydrogen) atoms. The van der Waals surface area contributed by atoms with Crippen LogP contribution >= 0.6 is 34.8 Å². The van der Waals surface area contributed by atoms with Crippen LogP contribution in [0, 0.1) is 0 Å². The molecule has 0 saturated carbocycles. The molecule has 0 bridgehead atoms. The molecule has 3 rings (SSSR count). The molecule has 0 radical (unpaired) electrons. The number of nitrogens with zero attached hydrogens (tertiary/aromatic N) is 1. The molecular formula is C22H16Cl3NO4S2. The van der Waals surface area contributed by atoms with Gasteiger partial charge in [-0.3, -0.25) is 0 Å². The zero-order chi connectivity index (χ0) is 23.4. The van der Waals surface area contributed by atoms with Gasteiger partial charge in [0.25, 0.3) is 20.0 Å². The molecule has 0 spiro atoms. The molecule has 5 nitrogen and oxygen atoms in total. The Morgan fingerprint density at radius 2 is 1.00 bits per heavy atom. The number of hydrogen-bond acceptors (Lipinski definition) is 4. The SMILES string of the molecule is O=S(=O)(/C=C/c1cccc(Cl)c1)N(c1cccc(Cl)c1)S(=O)(=O)/C=C/c1cccc(Cl)c1. The molecule has 3 aromatic carbocycles. The van der Waals surface area contributed by atoms with E-state index in [9.17, 15) is 16.8 Å². The monoisotopic (exact) mass is 527 g/mol. The van der Waals surface area contributed by atoms with Crippen molar-refractivity contribution in [1.29, 1.82) is 0 Å². The Kier molecular flexibility index (Phi) is 7.69. The van der Waals surface area contributed by atoms with Crippen molar-refractivity contribution >= 4 is 72.7 Å². The lowest BCUT2D eigenvalue weighted by Crippen LogP contribution is -2.34.